The molecule has 0 fully saturated rings. The van der Waals surface area contributed by atoms with Crippen LogP contribution in [0.4, 0.5) is 4.39 Å². The molecular formula is C23H24FN3O2. The summed E-state index contributed by atoms with van der Waals surface area (Å²) in [6, 6.07) is 18.2. The van der Waals surface area contributed by atoms with Gasteiger partial charge in [-0.3, -0.25) is 9.69 Å². The molecule has 0 radical (unpaired) electrons. The van der Waals surface area contributed by atoms with Gasteiger partial charge in [0.25, 0.3) is 0 Å². The lowest BCUT2D eigenvalue weighted by atomic mass is 9.99. The average Bonchev–Trinajstić information content (AvgIpc) is 3.22. The molecule has 1 atom stereocenters. The Labute approximate surface area is 169 Å². The molecule has 1 aromatic heterocycles. The smallest absolute Gasteiger partial charge is 0.234 e. The first kappa shape index (κ1) is 19.2. The molecule has 0 bridgehead atoms. The van der Waals surface area contributed by atoms with Crippen molar-refractivity contribution in [2.45, 2.75) is 19.1 Å². The summed E-state index contributed by atoms with van der Waals surface area (Å²) in [5.41, 5.74) is 3.06. The molecule has 29 heavy (non-hydrogen) atoms. The maximum Gasteiger partial charge on any atom is 0.234 e. The van der Waals surface area contributed by atoms with Gasteiger partial charge in [0.1, 0.15) is 11.6 Å². The Kier molecular flexibility index (Phi) is 5.62. The van der Waals surface area contributed by atoms with Crippen molar-refractivity contribution >= 4 is 5.91 Å². The standard InChI is InChI=1S/C23H24FN3O2/c1-29-21-7-3-2-5-19(21)23-20-6-4-12-26(20)13-14-27(23)16-22(28)25-15-17-8-10-18(24)11-9-17/h2-12,23H,13-16H2,1H3,(H,25,28). The molecule has 0 aliphatic carbocycles. The summed E-state index contributed by atoms with van der Waals surface area (Å²) < 4.78 is 20.9. The van der Waals surface area contributed by atoms with E-state index in [1.807, 2.05) is 24.3 Å². The average molecular weight is 393 g/mol. The van der Waals surface area contributed by atoms with E-state index >= 15 is 0 Å². The van der Waals surface area contributed by atoms with Crippen LogP contribution >= 0.6 is 0 Å². The number of aromatic nitrogens is 1. The fourth-order valence-corrected chi connectivity index (χ4v) is 3.89. The molecule has 2 aromatic carbocycles. The molecule has 1 unspecified atom stereocenters. The molecule has 3 aromatic rings. The number of carbonyl (C=O) groups is 1. The van der Waals surface area contributed by atoms with Crippen LogP contribution in [0, 0.1) is 5.82 Å². The highest BCUT2D eigenvalue weighted by Gasteiger charge is 2.31. The van der Waals surface area contributed by atoms with Crippen LogP contribution in [0.2, 0.25) is 0 Å². The molecule has 1 aliphatic heterocycles. The zero-order valence-electron chi connectivity index (χ0n) is 16.3. The van der Waals surface area contributed by atoms with Crippen molar-refractivity contribution in [3.63, 3.8) is 0 Å². The van der Waals surface area contributed by atoms with Gasteiger partial charge in [-0.05, 0) is 35.9 Å². The van der Waals surface area contributed by atoms with Crippen LogP contribution in [-0.4, -0.2) is 35.6 Å². The largest absolute Gasteiger partial charge is 0.496 e. The number of nitrogens with zero attached hydrogens (tertiary/aromatic N) is 2. The van der Waals surface area contributed by atoms with Gasteiger partial charge >= 0.3 is 0 Å². The third-order valence-electron chi connectivity index (χ3n) is 5.32. The van der Waals surface area contributed by atoms with Crippen LogP contribution in [0.25, 0.3) is 0 Å². The van der Waals surface area contributed by atoms with Gasteiger partial charge in [0.2, 0.25) is 5.91 Å². The second-order valence-electron chi connectivity index (χ2n) is 7.14. The number of fused-ring (bicyclic) bond motifs is 1. The third-order valence-corrected chi connectivity index (χ3v) is 5.32. The number of carbonyl (C=O) groups excluding carboxylic acids is 1. The Hall–Kier alpha value is -3.12. The number of methoxy groups -OCH3 is 1. The van der Waals surface area contributed by atoms with Crippen LogP contribution in [-0.2, 0) is 17.9 Å². The predicted octanol–water partition coefficient (Wildman–Crippen LogP) is 3.36. The summed E-state index contributed by atoms with van der Waals surface area (Å²) in [7, 11) is 1.67. The Morgan fingerprint density at radius 3 is 2.69 bits per heavy atom. The SMILES string of the molecule is COc1ccccc1C1c2cccn2CCN1CC(=O)NCc1ccc(F)cc1. The van der Waals surface area contributed by atoms with Crippen LogP contribution in [0.15, 0.2) is 66.9 Å². The number of amides is 1. The fourth-order valence-electron chi connectivity index (χ4n) is 3.89. The van der Waals surface area contributed by atoms with Crippen LogP contribution < -0.4 is 10.1 Å². The van der Waals surface area contributed by atoms with Crippen molar-refractivity contribution in [2.75, 3.05) is 20.2 Å². The minimum atomic E-state index is -0.281. The van der Waals surface area contributed by atoms with Gasteiger partial charge in [0, 0.05) is 37.1 Å². The maximum atomic E-state index is 13.0. The number of halogens is 1. The second kappa shape index (κ2) is 8.49. The minimum Gasteiger partial charge on any atom is -0.496 e. The van der Waals surface area contributed by atoms with Crippen molar-refractivity contribution in [1.29, 1.82) is 0 Å². The summed E-state index contributed by atoms with van der Waals surface area (Å²) in [6.07, 6.45) is 2.07. The van der Waals surface area contributed by atoms with E-state index in [9.17, 15) is 9.18 Å². The quantitative estimate of drug-likeness (QED) is 0.699. The highest BCUT2D eigenvalue weighted by Crippen LogP contribution is 2.36. The van der Waals surface area contributed by atoms with Gasteiger partial charge in [0.15, 0.2) is 0 Å². The Bertz CT molecular complexity index is 984. The summed E-state index contributed by atoms with van der Waals surface area (Å²) >= 11 is 0. The molecule has 0 saturated carbocycles. The third kappa shape index (κ3) is 4.17. The number of ether oxygens (including phenoxy) is 1. The van der Waals surface area contributed by atoms with E-state index < -0.39 is 0 Å². The van der Waals surface area contributed by atoms with Gasteiger partial charge in [0.05, 0.1) is 19.7 Å². The van der Waals surface area contributed by atoms with Gasteiger partial charge < -0.3 is 14.6 Å². The van der Waals surface area contributed by atoms with Crippen molar-refractivity contribution < 1.29 is 13.9 Å². The maximum absolute atomic E-state index is 13.0. The van der Waals surface area contributed by atoms with E-state index in [1.165, 1.54) is 12.1 Å². The van der Waals surface area contributed by atoms with E-state index in [-0.39, 0.29) is 24.3 Å². The lowest BCUT2D eigenvalue weighted by Crippen LogP contribution is -2.44. The number of para-hydroxylation sites is 1. The van der Waals surface area contributed by atoms with E-state index in [0.29, 0.717) is 6.54 Å². The Balaban J connectivity index is 1.52. The van der Waals surface area contributed by atoms with Gasteiger partial charge in [-0.15, -0.1) is 0 Å². The first-order valence-corrected chi connectivity index (χ1v) is 9.69. The zero-order chi connectivity index (χ0) is 20.2. The van der Waals surface area contributed by atoms with Gasteiger partial charge in [-0.25, -0.2) is 4.39 Å². The Morgan fingerprint density at radius 1 is 1.10 bits per heavy atom. The molecule has 1 N–H and O–H groups in total. The highest BCUT2D eigenvalue weighted by molar-refractivity contribution is 5.78. The minimum absolute atomic E-state index is 0.0609. The number of rotatable bonds is 6. The summed E-state index contributed by atoms with van der Waals surface area (Å²) in [6.45, 7) is 2.24. The number of hydrogen-bond acceptors (Lipinski definition) is 3. The summed E-state index contributed by atoms with van der Waals surface area (Å²) in [5.74, 6) is 0.467. The monoisotopic (exact) mass is 393 g/mol. The van der Waals surface area contributed by atoms with Crippen molar-refractivity contribution in [3.8, 4) is 5.75 Å². The van der Waals surface area contributed by atoms with Crippen molar-refractivity contribution in [2.24, 2.45) is 0 Å². The lowest BCUT2D eigenvalue weighted by Gasteiger charge is -2.37. The number of benzene rings is 2. The van der Waals surface area contributed by atoms with Crippen molar-refractivity contribution in [1.82, 2.24) is 14.8 Å². The molecule has 0 spiro atoms. The summed E-state index contributed by atoms with van der Waals surface area (Å²) in [4.78, 5) is 14.8. The van der Waals surface area contributed by atoms with E-state index in [2.05, 4.69) is 33.1 Å². The molecular weight excluding hydrogens is 369 g/mol. The van der Waals surface area contributed by atoms with Crippen LogP contribution in [0.1, 0.15) is 22.9 Å². The predicted molar refractivity (Wildman–Crippen MR) is 109 cm³/mol. The molecule has 1 amide bonds. The van der Waals surface area contributed by atoms with Crippen molar-refractivity contribution in [3.05, 3.63) is 89.5 Å². The Morgan fingerprint density at radius 2 is 1.90 bits per heavy atom. The highest BCUT2D eigenvalue weighted by atomic mass is 19.1. The second-order valence-corrected chi connectivity index (χ2v) is 7.14. The van der Waals surface area contributed by atoms with E-state index in [1.54, 1.807) is 19.2 Å². The molecule has 0 saturated heterocycles. The van der Waals surface area contributed by atoms with E-state index in [0.717, 1.165) is 35.7 Å². The first-order chi connectivity index (χ1) is 14.2. The molecule has 150 valence electrons. The topological polar surface area (TPSA) is 46.5 Å². The zero-order valence-corrected chi connectivity index (χ0v) is 16.3. The van der Waals surface area contributed by atoms with E-state index in [4.69, 9.17) is 4.74 Å². The van der Waals surface area contributed by atoms with Gasteiger partial charge in [-0.2, -0.15) is 0 Å². The number of hydrogen-bond donors (Lipinski definition) is 1. The molecule has 4 rings (SSSR count). The molecule has 6 heteroatoms. The molecule has 1 aliphatic rings. The molecule has 2 heterocycles. The number of nitrogens with one attached hydrogen (secondary N) is 1. The fraction of sp³-hybridized carbons (Fsp3) is 0.261. The lowest BCUT2D eigenvalue weighted by molar-refractivity contribution is -0.123. The van der Waals surface area contributed by atoms with Crippen LogP contribution in [0.3, 0.4) is 0 Å². The summed E-state index contributed by atoms with van der Waals surface area (Å²) in [5, 5.41) is 2.94. The normalized spacial score (nSPS) is 16.3. The first-order valence-electron chi connectivity index (χ1n) is 9.69. The van der Waals surface area contributed by atoms with Gasteiger partial charge in [-0.1, -0.05) is 30.3 Å². The molecule has 5 nitrogen and oxygen atoms in total. The van der Waals surface area contributed by atoms with Crippen LogP contribution in [0.5, 0.6) is 5.75 Å².